The van der Waals surface area contributed by atoms with Gasteiger partial charge in [-0.1, -0.05) is 42.8 Å². The lowest BCUT2D eigenvalue weighted by molar-refractivity contribution is -0.152. The number of hydrogen-bond donors (Lipinski definition) is 1. The first-order valence-corrected chi connectivity index (χ1v) is 10.6. The molecule has 1 aromatic carbocycles. The number of aromatic nitrogens is 1. The number of nitrogens with one attached hydrogen (secondary N) is 1. The van der Waals surface area contributed by atoms with Crippen molar-refractivity contribution >= 4 is 37.8 Å². The van der Waals surface area contributed by atoms with E-state index < -0.39 is 28.0 Å². The summed E-state index contributed by atoms with van der Waals surface area (Å²) < 4.78 is 58.2. The molecule has 0 unspecified atom stereocenters. The van der Waals surface area contributed by atoms with Crippen molar-refractivity contribution in [2.75, 3.05) is 0 Å². The highest BCUT2D eigenvalue weighted by atomic mass is 79.9. The number of fused-ring (bicyclic) bond motifs is 1. The molecule has 0 fully saturated rings. The summed E-state index contributed by atoms with van der Waals surface area (Å²) in [5.41, 5.74) is 0.694. The van der Waals surface area contributed by atoms with E-state index in [4.69, 9.17) is 0 Å². The van der Waals surface area contributed by atoms with Crippen molar-refractivity contribution in [2.45, 2.75) is 65.1 Å². The van der Waals surface area contributed by atoms with E-state index in [-0.39, 0.29) is 11.0 Å². The minimum absolute atomic E-state index is 0.0897. The number of benzene rings is 1. The van der Waals surface area contributed by atoms with Crippen LogP contribution in [0.4, 0.5) is 13.2 Å². The van der Waals surface area contributed by atoms with Crippen LogP contribution >= 0.6 is 15.9 Å². The predicted octanol–water partition coefficient (Wildman–Crippen LogP) is 6.11. The Balaban J connectivity index is 2.64. The lowest BCUT2D eigenvalue weighted by Crippen LogP contribution is -2.41. The van der Waals surface area contributed by atoms with E-state index in [1.165, 1.54) is 6.20 Å². The molecule has 3 nitrogen and oxygen atoms in total. The molecule has 1 aromatic heterocycles. The highest BCUT2D eigenvalue weighted by molar-refractivity contribution is 9.10. The number of halogens is 4. The van der Waals surface area contributed by atoms with E-state index in [0.29, 0.717) is 17.4 Å². The van der Waals surface area contributed by atoms with Crippen LogP contribution in [0.3, 0.4) is 0 Å². The summed E-state index contributed by atoms with van der Waals surface area (Å²) in [5, 5.41) is 0.503. The molecule has 0 bridgehead atoms. The number of hydrogen-bond acceptors (Lipinski definition) is 1. The first-order valence-electron chi connectivity index (χ1n) is 8.63. The molecular weight excluding hydrogens is 441 g/mol. The Labute approximate surface area is 169 Å². The van der Waals surface area contributed by atoms with Crippen molar-refractivity contribution in [1.82, 2.24) is 9.29 Å². The molecule has 27 heavy (non-hydrogen) atoms. The second kappa shape index (κ2) is 7.52. The molecule has 1 N–H and O–H groups in total. The van der Waals surface area contributed by atoms with Crippen LogP contribution in [0.25, 0.3) is 10.9 Å². The lowest BCUT2D eigenvalue weighted by Gasteiger charge is -2.26. The Kier molecular flexibility index (Phi) is 6.25. The minimum atomic E-state index is -4.57. The van der Waals surface area contributed by atoms with Gasteiger partial charge in [0, 0.05) is 33.7 Å². The van der Waals surface area contributed by atoms with Crippen molar-refractivity contribution in [1.29, 1.82) is 0 Å². The third kappa shape index (κ3) is 5.57. The average molecular weight is 467 g/mol. The van der Waals surface area contributed by atoms with Gasteiger partial charge < -0.3 is 4.57 Å². The van der Waals surface area contributed by atoms with Gasteiger partial charge in [-0.05, 0) is 38.3 Å². The fraction of sp³-hybridized carbons (Fsp3) is 0.579. The van der Waals surface area contributed by atoms with E-state index in [0.717, 1.165) is 4.47 Å². The Morgan fingerprint density at radius 1 is 1.15 bits per heavy atom. The molecule has 0 aliphatic rings. The standard InChI is InChI=1S/C19H26BrF3N2OS/c1-17(2,3)11-25-10-14(13-8-7-12(20)9-15(13)25)16(19(21,22)23)24-27(26)18(4,5)6/h7-10,16,24H,11H2,1-6H3/t16-,27-/m0/s1. The molecule has 152 valence electrons. The highest BCUT2D eigenvalue weighted by Gasteiger charge is 2.44. The number of rotatable bonds is 4. The van der Waals surface area contributed by atoms with Crippen molar-refractivity contribution in [3.05, 3.63) is 34.4 Å². The van der Waals surface area contributed by atoms with Gasteiger partial charge in [-0.15, -0.1) is 0 Å². The van der Waals surface area contributed by atoms with Gasteiger partial charge in [0.25, 0.3) is 0 Å². The van der Waals surface area contributed by atoms with Crippen LogP contribution in [0.1, 0.15) is 53.1 Å². The first-order chi connectivity index (χ1) is 12.1. The summed E-state index contributed by atoms with van der Waals surface area (Å²) in [6, 6.07) is 3.21. The minimum Gasteiger partial charge on any atom is -0.347 e. The smallest absolute Gasteiger partial charge is 0.347 e. The fourth-order valence-corrected chi connectivity index (χ4v) is 3.93. The van der Waals surface area contributed by atoms with Gasteiger partial charge >= 0.3 is 6.18 Å². The summed E-state index contributed by atoms with van der Waals surface area (Å²) in [6.07, 6.45) is -3.04. The molecule has 0 saturated heterocycles. The van der Waals surface area contributed by atoms with Gasteiger partial charge in [-0.25, -0.2) is 8.93 Å². The molecule has 0 aliphatic carbocycles. The van der Waals surface area contributed by atoms with E-state index in [1.807, 2.05) is 31.4 Å². The Morgan fingerprint density at radius 2 is 1.74 bits per heavy atom. The molecule has 0 amide bonds. The fourth-order valence-electron chi connectivity index (χ4n) is 2.76. The molecule has 1 heterocycles. The van der Waals surface area contributed by atoms with E-state index in [1.54, 1.807) is 32.9 Å². The normalized spacial score (nSPS) is 15.9. The van der Waals surface area contributed by atoms with Gasteiger partial charge in [0.1, 0.15) is 6.04 Å². The van der Waals surface area contributed by atoms with E-state index in [2.05, 4.69) is 20.7 Å². The second-order valence-corrected chi connectivity index (χ2v) is 11.8. The highest BCUT2D eigenvalue weighted by Crippen LogP contribution is 2.39. The van der Waals surface area contributed by atoms with Crippen LogP contribution in [-0.4, -0.2) is 19.7 Å². The quantitative estimate of drug-likeness (QED) is 0.579. The number of alkyl halides is 3. The largest absolute Gasteiger partial charge is 0.408 e. The van der Waals surface area contributed by atoms with Gasteiger partial charge in [-0.3, -0.25) is 0 Å². The molecule has 0 spiro atoms. The summed E-state index contributed by atoms with van der Waals surface area (Å²) in [6.45, 7) is 11.6. The van der Waals surface area contributed by atoms with Crippen molar-refractivity contribution < 1.29 is 17.4 Å². The first kappa shape index (κ1) is 22.4. The second-order valence-electron chi connectivity index (χ2n) is 8.91. The summed E-state index contributed by atoms with van der Waals surface area (Å²) in [7, 11) is -1.86. The van der Waals surface area contributed by atoms with Crippen LogP contribution in [0, 0.1) is 5.41 Å². The molecule has 0 aliphatic heterocycles. The molecule has 8 heteroatoms. The summed E-state index contributed by atoms with van der Waals surface area (Å²) in [4.78, 5) is 0. The van der Waals surface area contributed by atoms with Gasteiger partial charge in [0.05, 0.1) is 15.7 Å². The third-order valence-electron chi connectivity index (χ3n) is 3.94. The van der Waals surface area contributed by atoms with E-state index >= 15 is 0 Å². The Hall–Kier alpha value is -0.860. The molecule has 2 atom stereocenters. The Morgan fingerprint density at radius 3 is 2.22 bits per heavy atom. The van der Waals surface area contributed by atoms with Gasteiger partial charge in [0.15, 0.2) is 0 Å². The maximum absolute atomic E-state index is 13.9. The van der Waals surface area contributed by atoms with Gasteiger partial charge in [-0.2, -0.15) is 13.2 Å². The number of nitrogens with zero attached hydrogens (tertiary/aromatic N) is 1. The van der Waals surface area contributed by atoms with Crippen LogP contribution in [0.2, 0.25) is 0 Å². The van der Waals surface area contributed by atoms with Crippen LogP contribution in [0.5, 0.6) is 0 Å². The van der Waals surface area contributed by atoms with Crippen LogP contribution < -0.4 is 4.72 Å². The molecule has 2 aromatic rings. The third-order valence-corrected chi connectivity index (χ3v) is 5.99. The average Bonchev–Trinajstić information content (AvgIpc) is 2.78. The van der Waals surface area contributed by atoms with Gasteiger partial charge in [0.2, 0.25) is 0 Å². The molecular formula is C19H26BrF3N2OS. The maximum Gasteiger partial charge on any atom is 0.408 e. The lowest BCUT2D eigenvalue weighted by atomic mass is 9.97. The topological polar surface area (TPSA) is 34.0 Å². The Bertz CT molecular complexity index is 847. The summed E-state index contributed by atoms with van der Waals surface area (Å²) in [5.74, 6) is 0. The maximum atomic E-state index is 13.9. The van der Waals surface area contributed by atoms with Crippen LogP contribution in [-0.2, 0) is 17.5 Å². The molecule has 2 rings (SSSR count). The SMILES string of the molecule is CC(C)(C)Cn1cc([C@H](N[S@@](=O)C(C)(C)C)C(F)(F)F)c2ccc(Br)cc21. The molecule has 0 radical (unpaired) electrons. The zero-order valence-corrected chi connectivity index (χ0v) is 18.8. The van der Waals surface area contributed by atoms with Crippen molar-refractivity contribution in [3.63, 3.8) is 0 Å². The predicted molar refractivity (Wildman–Crippen MR) is 109 cm³/mol. The zero-order valence-electron chi connectivity index (χ0n) is 16.4. The van der Waals surface area contributed by atoms with Crippen molar-refractivity contribution in [2.24, 2.45) is 5.41 Å². The summed E-state index contributed by atoms with van der Waals surface area (Å²) >= 11 is 3.40. The van der Waals surface area contributed by atoms with Crippen molar-refractivity contribution in [3.8, 4) is 0 Å². The molecule has 0 saturated carbocycles. The monoisotopic (exact) mass is 466 g/mol. The zero-order chi connectivity index (χ0) is 20.8. The van der Waals surface area contributed by atoms with E-state index in [9.17, 15) is 17.4 Å². The van der Waals surface area contributed by atoms with Crippen LogP contribution in [0.15, 0.2) is 28.9 Å².